The summed E-state index contributed by atoms with van der Waals surface area (Å²) in [6.07, 6.45) is 1.91. The van der Waals surface area contributed by atoms with Crippen molar-refractivity contribution in [1.29, 1.82) is 5.26 Å². The van der Waals surface area contributed by atoms with E-state index in [0.29, 0.717) is 5.56 Å². The van der Waals surface area contributed by atoms with E-state index in [9.17, 15) is 4.79 Å². The van der Waals surface area contributed by atoms with E-state index in [1.807, 2.05) is 12.1 Å². The Hall–Kier alpha value is -1.86. The van der Waals surface area contributed by atoms with Crippen molar-refractivity contribution in [1.82, 2.24) is 4.90 Å². The number of likely N-dealkylation sites (tertiary alicyclic amines) is 1. The molecule has 1 fully saturated rings. The van der Waals surface area contributed by atoms with E-state index in [2.05, 4.69) is 15.7 Å². The molecule has 1 aromatic rings. The van der Waals surface area contributed by atoms with Crippen LogP contribution in [-0.4, -0.2) is 31.1 Å². The topological polar surface area (TPSA) is 53.3 Å². The predicted octanol–water partition coefficient (Wildman–Crippen LogP) is 2.21. The molecule has 0 atom stereocenters. The smallest absolute Gasteiger partial charge is 0.337 e. The van der Waals surface area contributed by atoms with Crippen LogP contribution >= 0.6 is 0 Å². The van der Waals surface area contributed by atoms with Gasteiger partial charge in [-0.1, -0.05) is 12.1 Å². The fraction of sp³-hybridized carbons (Fsp3) is 0.467. The Morgan fingerprint density at radius 3 is 2.53 bits per heavy atom. The maximum Gasteiger partial charge on any atom is 0.337 e. The van der Waals surface area contributed by atoms with E-state index < -0.39 is 0 Å². The molecule has 0 N–H and O–H groups in total. The molecule has 1 saturated heterocycles. The first-order chi connectivity index (χ1) is 9.22. The second-order valence-corrected chi connectivity index (χ2v) is 4.87. The second-order valence-electron chi connectivity index (χ2n) is 4.87. The van der Waals surface area contributed by atoms with Crippen LogP contribution in [0.2, 0.25) is 0 Å². The van der Waals surface area contributed by atoms with Crippen LogP contribution < -0.4 is 0 Å². The zero-order chi connectivity index (χ0) is 13.7. The van der Waals surface area contributed by atoms with Crippen molar-refractivity contribution in [3.05, 3.63) is 35.4 Å². The monoisotopic (exact) mass is 258 g/mol. The van der Waals surface area contributed by atoms with Gasteiger partial charge >= 0.3 is 5.97 Å². The lowest BCUT2D eigenvalue weighted by Crippen LogP contribution is -2.32. The largest absolute Gasteiger partial charge is 0.465 e. The van der Waals surface area contributed by atoms with E-state index in [1.165, 1.54) is 12.7 Å². The fourth-order valence-corrected chi connectivity index (χ4v) is 2.34. The van der Waals surface area contributed by atoms with Gasteiger partial charge in [0.25, 0.3) is 0 Å². The Morgan fingerprint density at radius 2 is 2.00 bits per heavy atom. The number of hydrogen-bond donors (Lipinski definition) is 0. The molecule has 0 aliphatic carbocycles. The van der Waals surface area contributed by atoms with Crippen LogP contribution in [0.3, 0.4) is 0 Å². The highest BCUT2D eigenvalue weighted by atomic mass is 16.5. The van der Waals surface area contributed by atoms with Gasteiger partial charge in [0.05, 0.1) is 18.7 Å². The van der Waals surface area contributed by atoms with E-state index in [-0.39, 0.29) is 11.9 Å². The summed E-state index contributed by atoms with van der Waals surface area (Å²) >= 11 is 0. The van der Waals surface area contributed by atoms with Gasteiger partial charge in [0, 0.05) is 12.5 Å². The quantitative estimate of drug-likeness (QED) is 0.780. The van der Waals surface area contributed by atoms with Crippen molar-refractivity contribution in [3.8, 4) is 6.07 Å². The molecule has 19 heavy (non-hydrogen) atoms. The molecule has 0 aromatic heterocycles. The minimum absolute atomic E-state index is 0.220. The Bertz CT molecular complexity index is 468. The van der Waals surface area contributed by atoms with Crippen LogP contribution in [0, 0.1) is 17.2 Å². The summed E-state index contributed by atoms with van der Waals surface area (Å²) in [4.78, 5) is 13.7. The van der Waals surface area contributed by atoms with Crippen molar-refractivity contribution < 1.29 is 9.53 Å². The Balaban J connectivity index is 1.90. The number of nitriles is 1. The highest BCUT2D eigenvalue weighted by Crippen LogP contribution is 2.18. The van der Waals surface area contributed by atoms with E-state index >= 15 is 0 Å². The number of ether oxygens (including phenoxy) is 1. The molecule has 1 heterocycles. The van der Waals surface area contributed by atoms with Crippen molar-refractivity contribution in [2.45, 2.75) is 19.4 Å². The van der Waals surface area contributed by atoms with Crippen LogP contribution in [0.15, 0.2) is 24.3 Å². The van der Waals surface area contributed by atoms with Gasteiger partial charge in [-0.15, -0.1) is 0 Å². The van der Waals surface area contributed by atoms with Crippen molar-refractivity contribution >= 4 is 5.97 Å². The summed E-state index contributed by atoms with van der Waals surface area (Å²) in [7, 11) is 1.38. The Morgan fingerprint density at radius 1 is 1.37 bits per heavy atom. The average Bonchev–Trinajstić information content (AvgIpc) is 2.48. The molecule has 100 valence electrons. The molecular weight excluding hydrogens is 240 g/mol. The first-order valence-corrected chi connectivity index (χ1v) is 6.52. The maximum absolute atomic E-state index is 11.3. The SMILES string of the molecule is COC(=O)c1ccc(CN2CCC(C#N)CC2)cc1. The number of rotatable bonds is 3. The molecule has 0 amide bonds. The van der Waals surface area contributed by atoms with Gasteiger partial charge in [-0.3, -0.25) is 4.90 Å². The van der Waals surface area contributed by atoms with Crippen molar-refractivity contribution in [2.75, 3.05) is 20.2 Å². The van der Waals surface area contributed by atoms with Crippen molar-refractivity contribution in [3.63, 3.8) is 0 Å². The number of benzene rings is 1. The standard InChI is InChI=1S/C15H18N2O2/c1-19-15(18)14-4-2-13(3-5-14)11-17-8-6-12(10-16)7-9-17/h2-5,12H,6-9,11H2,1H3. The van der Waals surface area contributed by atoms with Gasteiger partial charge in [-0.25, -0.2) is 4.79 Å². The zero-order valence-electron chi connectivity index (χ0n) is 11.1. The first kappa shape index (κ1) is 13.6. The van der Waals surface area contributed by atoms with Crippen LogP contribution in [-0.2, 0) is 11.3 Å². The van der Waals surface area contributed by atoms with Gasteiger partial charge in [-0.05, 0) is 43.6 Å². The number of nitrogens with zero attached hydrogens (tertiary/aromatic N) is 2. The summed E-state index contributed by atoms with van der Waals surface area (Å²) in [5.41, 5.74) is 1.76. The fourth-order valence-electron chi connectivity index (χ4n) is 2.34. The lowest BCUT2D eigenvalue weighted by atomic mass is 9.98. The number of methoxy groups -OCH3 is 1. The van der Waals surface area contributed by atoms with Crippen LogP contribution in [0.5, 0.6) is 0 Å². The van der Waals surface area contributed by atoms with Crippen LogP contribution in [0.4, 0.5) is 0 Å². The molecule has 1 aromatic carbocycles. The van der Waals surface area contributed by atoms with Gasteiger partial charge < -0.3 is 4.74 Å². The molecule has 0 radical (unpaired) electrons. The number of esters is 1. The predicted molar refractivity (Wildman–Crippen MR) is 71.4 cm³/mol. The Kier molecular flexibility index (Phi) is 4.53. The van der Waals surface area contributed by atoms with Gasteiger partial charge in [0.1, 0.15) is 0 Å². The first-order valence-electron chi connectivity index (χ1n) is 6.52. The summed E-state index contributed by atoms with van der Waals surface area (Å²) in [5.74, 6) is -0.0839. The summed E-state index contributed by atoms with van der Waals surface area (Å²) < 4.78 is 4.67. The minimum Gasteiger partial charge on any atom is -0.465 e. The molecule has 1 aliphatic heterocycles. The lowest BCUT2D eigenvalue weighted by Gasteiger charge is -2.28. The molecular formula is C15H18N2O2. The average molecular weight is 258 g/mol. The van der Waals surface area contributed by atoms with E-state index in [4.69, 9.17) is 5.26 Å². The Labute approximate surface area is 113 Å². The lowest BCUT2D eigenvalue weighted by molar-refractivity contribution is 0.0600. The molecule has 1 aliphatic rings. The molecule has 0 spiro atoms. The third-order valence-electron chi connectivity index (χ3n) is 3.55. The minimum atomic E-state index is -0.304. The number of carbonyl (C=O) groups excluding carboxylic acids is 1. The normalized spacial score (nSPS) is 16.8. The van der Waals surface area contributed by atoms with Crippen molar-refractivity contribution in [2.24, 2.45) is 5.92 Å². The van der Waals surface area contributed by atoms with E-state index in [0.717, 1.165) is 32.5 Å². The molecule has 2 rings (SSSR count). The number of carbonyl (C=O) groups is 1. The summed E-state index contributed by atoms with van der Waals surface area (Å²) in [6, 6.07) is 9.85. The van der Waals surface area contributed by atoms with E-state index in [1.54, 1.807) is 12.1 Å². The third-order valence-corrected chi connectivity index (χ3v) is 3.55. The van der Waals surface area contributed by atoms with Gasteiger partial charge in [-0.2, -0.15) is 5.26 Å². The maximum atomic E-state index is 11.3. The van der Waals surface area contributed by atoms with Gasteiger partial charge in [0.15, 0.2) is 0 Å². The highest BCUT2D eigenvalue weighted by molar-refractivity contribution is 5.89. The summed E-state index contributed by atoms with van der Waals surface area (Å²) in [6.45, 7) is 2.81. The van der Waals surface area contributed by atoms with Crippen LogP contribution in [0.25, 0.3) is 0 Å². The number of hydrogen-bond acceptors (Lipinski definition) is 4. The van der Waals surface area contributed by atoms with Crippen LogP contribution in [0.1, 0.15) is 28.8 Å². The third kappa shape index (κ3) is 3.55. The summed E-state index contributed by atoms with van der Waals surface area (Å²) in [5, 5.41) is 8.86. The molecule has 4 nitrogen and oxygen atoms in total. The highest BCUT2D eigenvalue weighted by Gasteiger charge is 2.18. The zero-order valence-corrected chi connectivity index (χ0v) is 11.1. The molecule has 0 unspecified atom stereocenters. The number of piperidine rings is 1. The molecule has 0 saturated carbocycles. The molecule has 0 bridgehead atoms. The molecule has 4 heteroatoms. The second kappa shape index (κ2) is 6.35. The van der Waals surface area contributed by atoms with Gasteiger partial charge in [0.2, 0.25) is 0 Å².